The SMILES string of the molecule is CC(=O)Nc1ccc(S(=O)(=O)Nc2cccc3[nH]ccc23)cc1. The lowest BCUT2D eigenvalue weighted by molar-refractivity contribution is -0.114. The van der Waals surface area contributed by atoms with Crippen molar-refractivity contribution in [2.75, 3.05) is 10.0 Å². The van der Waals surface area contributed by atoms with E-state index in [1.54, 1.807) is 30.5 Å². The minimum Gasteiger partial charge on any atom is -0.361 e. The number of sulfonamides is 1. The average molecular weight is 329 g/mol. The third-order valence-corrected chi connectivity index (χ3v) is 4.71. The van der Waals surface area contributed by atoms with Gasteiger partial charge in [-0.05, 0) is 42.5 Å². The summed E-state index contributed by atoms with van der Waals surface area (Å²) in [5.74, 6) is -0.210. The molecule has 0 aliphatic heterocycles. The highest BCUT2D eigenvalue weighted by molar-refractivity contribution is 7.92. The van der Waals surface area contributed by atoms with E-state index in [0.29, 0.717) is 11.4 Å². The van der Waals surface area contributed by atoms with Gasteiger partial charge in [-0.25, -0.2) is 8.42 Å². The van der Waals surface area contributed by atoms with Gasteiger partial charge < -0.3 is 10.3 Å². The van der Waals surface area contributed by atoms with Crippen molar-refractivity contribution in [1.29, 1.82) is 0 Å². The molecule has 0 atom stereocenters. The molecule has 23 heavy (non-hydrogen) atoms. The summed E-state index contributed by atoms with van der Waals surface area (Å²) in [6.45, 7) is 1.39. The number of carbonyl (C=O) groups is 1. The molecule has 118 valence electrons. The maximum absolute atomic E-state index is 12.5. The number of H-pyrrole nitrogens is 1. The molecule has 0 saturated heterocycles. The van der Waals surface area contributed by atoms with Crippen molar-refractivity contribution >= 4 is 38.2 Å². The number of benzene rings is 2. The van der Waals surface area contributed by atoms with Crippen LogP contribution in [0.1, 0.15) is 6.92 Å². The van der Waals surface area contributed by atoms with E-state index < -0.39 is 10.0 Å². The molecule has 0 aliphatic rings. The van der Waals surface area contributed by atoms with Gasteiger partial charge in [0.2, 0.25) is 5.91 Å². The van der Waals surface area contributed by atoms with Crippen LogP contribution < -0.4 is 10.0 Å². The first-order chi connectivity index (χ1) is 11.0. The molecule has 2 aromatic carbocycles. The van der Waals surface area contributed by atoms with Gasteiger partial charge in [-0.15, -0.1) is 0 Å². The van der Waals surface area contributed by atoms with Crippen LogP contribution in [0.15, 0.2) is 59.6 Å². The molecule has 0 saturated carbocycles. The summed E-state index contributed by atoms with van der Waals surface area (Å²) < 4.78 is 27.6. The zero-order valence-corrected chi connectivity index (χ0v) is 13.1. The van der Waals surface area contributed by atoms with E-state index in [-0.39, 0.29) is 10.8 Å². The molecular formula is C16H15N3O3S. The minimum atomic E-state index is -3.70. The van der Waals surface area contributed by atoms with Gasteiger partial charge in [-0.2, -0.15) is 0 Å². The normalized spacial score (nSPS) is 11.3. The van der Waals surface area contributed by atoms with Crippen molar-refractivity contribution in [2.45, 2.75) is 11.8 Å². The second kappa shape index (κ2) is 5.77. The fourth-order valence-corrected chi connectivity index (χ4v) is 3.38. The van der Waals surface area contributed by atoms with Gasteiger partial charge >= 0.3 is 0 Å². The molecule has 1 amide bonds. The van der Waals surface area contributed by atoms with E-state index in [4.69, 9.17) is 0 Å². The smallest absolute Gasteiger partial charge is 0.261 e. The van der Waals surface area contributed by atoms with E-state index in [0.717, 1.165) is 10.9 Å². The molecule has 1 heterocycles. The Labute approximate surface area is 133 Å². The molecule has 7 heteroatoms. The number of anilines is 2. The van der Waals surface area contributed by atoms with E-state index >= 15 is 0 Å². The fourth-order valence-electron chi connectivity index (χ4n) is 2.30. The number of rotatable bonds is 4. The zero-order valence-electron chi connectivity index (χ0n) is 12.3. The summed E-state index contributed by atoms with van der Waals surface area (Å²) in [6.07, 6.45) is 1.75. The van der Waals surface area contributed by atoms with Crippen molar-refractivity contribution in [2.24, 2.45) is 0 Å². The zero-order chi connectivity index (χ0) is 16.4. The maximum atomic E-state index is 12.5. The Hall–Kier alpha value is -2.80. The van der Waals surface area contributed by atoms with E-state index in [1.165, 1.54) is 19.1 Å². The molecule has 3 aromatic rings. The number of amides is 1. The van der Waals surface area contributed by atoms with Crippen LogP contribution in [-0.2, 0) is 14.8 Å². The second-order valence-electron chi connectivity index (χ2n) is 5.06. The lowest BCUT2D eigenvalue weighted by Crippen LogP contribution is -2.13. The topological polar surface area (TPSA) is 91.1 Å². The Morgan fingerprint density at radius 2 is 1.78 bits per heavy atom. The lowest BCUT2D eigenvalue weighted by atomic mass is 10.2. The molecule has 0 fully saturated rings. The molecule has 0 radical (unpaired) electrons. The van der Waals surface area contributed by atoms with Gasteiger partial charge in [0, 0.05) is 29.7 Å². The Morgan fingerprint density at radius 3 is 2.48 bits per heavy atom. The number of hydrogen-bond donors (Lipinski definition) is 3. The molecule has 0 unspecified atom stereocenters. The summed E-state index contributed by atoms with van der Waals surface area (Å²) >= 11 is 0. The summed E-state index contributed by atoms with van der Waals surface area (Å²) in [5.41, 5.74) is 1.91. The molecule has 1 aromatic heterocycles. The van der Waals surface area contributed by atoms with Gasteiger partial charge in [0.05, 0.1) is 10.6 Å². The summed E-state index contributed by atoms with van der Waals surface area (Å²) in [7, 11) is -3.70. The predicted octanol–water partition coefficient (Wildman–Crippen LogP) is 2.93. The Morgan fingerprint density at radius 1 is 1.04 bits per heavy atom. The van der Waals surface area contributed by atoms with Crippen molar-refractivity contribution in [3.8, 4) is 0 Å². The number of carbonyl (C=O) groups excluding carboxylic acids is 1. The maximum Gasteiger partial charge on any atom is 0.261 e. The van der Waals surface area contributed by atoms with Crippen LogP contribution in [0.3, 0.4) is 0 Å². The molecule has 0 bridgehead atoms. The van der Waals surface area contributed by atoms with Gasteiger partial charge in [-0.3, -0.25) is 9.52 Å². The molecule has 3 rings (SSSR count). The highest BCUT2D eigenvalue weighted by Gasteiger charge is 2.15. The first-order valence-corrected chi connectivity index (χ1v) is 8.40. The summed E-state index contributed by atoms with van der Waals surface area (Å²) in [5, 5.41) is 3.39. The average Bonchev–Trinajstić information content (AvgIpc) is 2.96. The largest absolute Gasteiger partial charge is 0.361 e. The summed E-state index contributed by atoms with van der Waals surface area (Å²) in [6, 6.07) is 13.2. The Balaban J connectivity index is 1.89. The predicted molar refractivity (Wildman–Crippen MR) is 89.9 cm³/mol. The lowest BCUT2D eigenvalue weighted by Gasteiger charge is -2.10. The second-order valence-corrected chi connectivity index (χ2v) is 6.74. The molecule has 0 spiro atoms. The van der Waals surface area contributed by atoms with Crippen molar-refractivity contribution < 1.29 is 13.2 Å². The van der Waals surface area contributed by atoms with Crippen LogP contribution in [0, 0.1) is 0 Å². The monoisotopic (exact) mass is 329 g/mol. The van der Waals surface area contributed by atoms with Gasteiger partial charge in [0.15, 0.2) is 0 Å². The number of nitrogens with one attached hydrogen (secondary N) is 3. The van der Waals surface area contributed by atoms with Gasteiger partial charge in [0.1, 0.15) is 0 Å². The molecule has 3 N–H and O–H groups in total. The number of aromatic amines is 1. The summed E-state index contributed by atoms with van der Waals surface area (Å²) in [4.78, 5) is 14.2. The van der Waals surface area contributed by atoms with Crippen molar-refractivity contribution in [3.63, 3.8) is 0 Å². The van der Waals surface area contributed by atoms with Crippen LogP contribution in [0.25, 0.3) is 10.9 Å². The molecular weight excluding hydrogens is 314 g/mol. The Bertz CT molecular complexity index is 960. The highest BCUT2D eigenvalue weighted by Crippen LogP contribution is 2.25. The third-order valence-electron chi connectivity index (χ3n) is 3.32. The van der Waals surface area contributed by atoms with Crippen molar-refractivity contribution in [3.05, 3.63) is 54.7 Å². The quantitative estimate of drug-likeness (QED) is 0.687. The number of hydrogen-bond acceptors (Lipinski definition) is 3. The van der Waals surface area contributed by atoms with Crippen LogP contribution in [0.2, 0.25) is 0 Å². The molecule has 6 nitrogen and oxygen atoms in total. The standard InChI is InChI=1S/C16H15N3O3S/c1-11(20)18-12-5-7-13(8-6-12)23(21,22)19-16-4-2-3-15-14(16)9-10-17-15/h2-10,17,19H,1H3,(H,18,20). The van der Waals surface area contributed by atoms with E-state index in [1.807, 2.05) is 12.1 Å². The fraction of sp³-hybridized carbons (Fsp3) is 0.0625. The number of aromatic nitrogens is 1. The Kier molecular flexibility index (Phi) is 3.79. The van der Waals surface area contributed by atoms with Crippen LogP contribution in [0.4, 0.5) is 11.4 Å². The van der Waals surface area contributed by atoms with Gasteiger partial charge in [-0.1, -0.05) is 6.07 Å². The van der Waals surface area contributed by atoms with Gasteiger partial charge in [0.25, 0.3) is 10.0 Å². The van der Waals surface area contributed by atoms with Crippen LogP contribution in [-0.4, -0.2) is 19.3 Å². The minimum absolute atomic E-state index is 0.124. The first kappa shape index (κ1) is 15.1. The van der Waals surface area contributed by atoms with E-state index in [2.05, 4.69) is 15.0 Å². The van der Waals surface area contributed by atoms with Crippen molar-refractivity contribution in [1.82, 2.24) is 4.98 Å². The van der Waals surface area contributed by atoms with Crippen LogP contribution in [0.5, 0.6) is 0 Å². The van der Waals surface area contributed by atoms with E-state index in [9.17, 15) is 13.2 Å². The highest BCUT2D eigenvalue weighted by atomic mass is 32.2. The number of fused-ring (bicyclic) bond motifs is 1. The molecule has 0 aliphatic carbocycles. The first-order valence-electron chi connectivity index (χ1n) is 6.92. The van der Waals surface area contributed by atoms with Crippen LogP contribution >= 0.6 is 0 Å². The third kappa shape index (κ3) is 3.19.